The van der Waals surface area contributed by atoms with Crippen LogP contribution in [0.2, 0.25) is 0 Å². The monoisotopic (exact) mass is 421 g/mol. The Bertz CT molecular complexity index is 1130. The molecule has 2 aromatic heterocycles. The Balaban J connectivity index is 1.56. The molecular formula is C23H27N5O3. The number of aromatic nitrogens is 3. The minimum atomic E-state index is -0.975. The zero-order valence-electron chi connectivity index (χ0n) is 18.0. The number of fused-ring (bicyclic) bond motifs is 1. The van der Waals surface area contributed by atoms with Crippen LogP contribution in [0.15, 0.2) is 36.7 Å². The lowest BCUT2D eigenvalue weighted by molar-refractivity contribution is 0.0860. The van der Waals surface area contributed by atoms with Gasteiger partial charge in [-0.15, -0.1) is 0 Å². The number of carbonyl (C=O) groups is 2. The van der Waals surface area contributed by atoms with Crippen LogP contribution in [0.1, 0.15) is 43.1 Å². The van der Waals surface area contributed by atoms with Crippen molar-refractivity contribution < 1.29 is 14.7 Å². The Labute approximate surface area is 180 Å². The fourth-order valence-corrected chi connectivity index (χ4v) is 3.96. The quantitative estimate of drug-likeness (QED) is 0.542. The van der Waals surface area contributed by atoms with Crippen molar-refractivity contribution in [1.82, 2.24) is 25.2 Å². The number of Topliss-reactive ketones (excluding diaryl/α,β-unsaturated/α-hetero) is 1. The van der Waals surface area contributed by atoms with Crippen LogP contribution in [0.5, 0.6) is 0 Å². The first-order chi connectivity index (χ1) is 14.7. The van der Waals surface area contributed by atoms with Crippen LogP contribution in [0, 0.1) is 5.41 Å². The molecule has 1 aliphatic heterocycles. The summed E-state index contributed by atoms with van der Waals surface area (Å²) in [6.45, 7) is 7.96. The van der Waals surface area contributed by atoms with Gasteiger partial charge >= 0.3 is 6.09 Å². The number of H-pyrrole nitrogens is 1. The van der Waals surface area contributed by atoms with Crippen molar-refractivity contribution in [2.24, 2.45) is 5.41 Å². The van der Waals surface area contributed by atoms with E-state index >= 15 is 0 Å². The van der Waals surface area contributed by atoms with Crippen LogP contribution in [0.3, 0.4) is 0 Å². The van der Waals surface area contributed by atoms with Gasteiger partial charge < -0.3 is 15.4 Å². The van der Waals surface area contributed by atoms with Gasteiger partial charge in [-0.05, 0) is 18.1 Å². The van der Waals surface area contributed by atoms with E-state index in [2.05, 4.69) is 32.3 Å². The first-order valence-electron chi connectivity index (χ1n) is 10.4. The minimum Gasteiger partial charge on any atom is -0.465 e. The molecule has 1 saturated heterocycles. The number of likely N-dealkylation sites (tertiary alicyclic amines) is 1. The van der Waals surface area contributed by atoms with Gasteiger partial charge in [0.25, 0.3) is 0 Å². The van der Waals surface area contributed by atoms with E-state index in [1.165, 1.54) is 0 Å². The fraction of sp³-hybridized carbons (Fsp3) is 0.391. The number of benzene rings is 1. The van der Waals surface area contributed by atoms with Gasteiger partial charge in [-0.3, -0.25) is 9.69 Å². The van der Waals surface area contributed by atoms with Crippen molar-refractivity contribution >= 4 is 23.0 Å². The fourth-order valence-electron chi connectivity index (χ4n) is 3.96. The molecule has 8 nitrogen and oxygen atoms in total. The topological polar surface area (TPSA) is 111 Å². The largest absolute Gasteiger partial charge is 0.465 e. The molecule has 0 spiro atoms. The van der Waals surface area contributed by atoms with Gasteiger partial charge in [-0.25, -0.2) is 14.8 Å². The molecule has 0 saturated carbocycles. The molecule has 1 unspecified atom stereocenters. The van der Waals surface area contributed by atoms with Gasteiger partial charge in [0, 0.05) is 42.9 Å². The maximum atomic E-state index is 12.8. The molecule has 1 amide bonds. The Morgan fingerprint density at radius 2 is 2.13 bits per heavy atom. The van der Waals surface area contributed by atoms with Gasteiger partial charge in [0.1, 0.15) is 5.52 Å². The van der Waals surface area contributed by atoms with Crippen molar-refractivity contribution in [1.29, 1.82) is 0 Å². The molecule has 3 aromatic rings. The predicted octanol–water partition coefficient (Wildman–Crippen LogP) is 3.70. The van der Waals surface area contributed by atoms with Crippen molar-refractivity contribution in [3.63, 3.8) is 0 Å². The zero-order valence-corrected chi connectivity index (χ0v) is 18.0. The summed E-state index contributed by atoms with van der Waals surface area (Å²) >= 11 is 0. The molecular weight excluding hydrogens is 394 g/mol. The van der Waals surface area contributed by atoms with Crippen molar-refractivity contribution in [3.05, 3.63) is 47.8 Å². The number of carboxylic acid groups (broad SMARTS) is 1. The summed E-state index contributed by atoms with van der Waals surface area (Å²) in [7, 11) is 0. The van der Waals surface area contributed by atoms with Crippen LogP contribution in [-0.2, 0) is 6.54 Å². The van der Waals surface area contributed by atoms with Crippen LogP contribution in [-0.4, -0.2) is 56.0 Å². The number of rotatable bonds is 5. The number of ketones is 1. The maximum absolute atomic E-state index is 12.8. The highest BCUT2D eigenvalue weighted by Crippen LogP contribution is 2.27. The maximum Gasteiger partial charge on any atom is 0.404 e. The first-order valence-corrected chi connectivity index (χ1v) is 10.4. The molecule has 1 fully saturated rings. The summed E-state index contributed by atoms with van der Waals surface area (Å²) in [5.41, 5.74) is 4.00. The zero-order chi connectivity index (χ0) is 22.2. The molecule has 3 N–H and O–H groups in total. The van der Waals surface area contributed by atoms with E-state index in [1.807, 2.05) is 32.9 Å². The van der Waals surface area contributed by atoms with Gasteiger partial charge in [-0.2, -0.15) is 0 Å². The molecule has 1 atom stereocenters. The SMILES string of the molecule is CC(C)(C)C(=O)c1c[nH]c2ncc(-c3cccc(CN4CCC(NC(=O)O)C4)c3)nc12. The summed E-state index contributed by atoms with van der Waals surface area (Å²) in [6.07, 6.45) is 3.24. The van der Waals surface area contributed by atoms with E-state index in [0.717, 1.165) is 30.6 Å². The molecule has 1 aromatic carbocycles. The Kier molecular flexibility index (Phi) is 5.49. The molecule has 1 aliphatic rings. The molecule has 0 bridgehead atoms. The molecule has 4 rings (SSSR count). The molecule has 3 heterocycles. The highest BCUT2D eigenvalue weighted by atomic mass is 16.4. The Morgan fingerprint density at radius 1 is 1.32 bits per heavy atom. The summed E-state index contributed by atoms with van der Waals surface area (Å²) in [5, 5.41) is 11.5. The number of hydrogen-bond acceptors (Lipinski definition) is 5. The van der Waals surface area contributed by atoms with Gasteiger partial charge in [0.15, 0.2) is 11.4 Å². The van der Waals surface area contributed by atoms with Gasteiger partial charge in [0.05, 0.1) is 17.5 Å². The number of nitrogens with zero attached hydrogens (tertiary/aromatic N) is 3. The summed E-state index contributed by atoms with van der Waals surface area (Å²) in [4.78, 5) is 38.2. The Hall–Kier alpha value is -3.26. The number of hydrogen-bond donors (Lipinski definition) is 3. The number of nitrogens with one attached hydrogen (secondary N) is 2. The number of carbonyl (C=O) groups excluding carboxylic acids is 1. The molecule has 8 heteroatoms. The summed E-state index contributed by atoms with van der Waals surface area (Å²) in [6, 6.07) is 8.07. The van der Waals surface area contributed by atoms with Gasteiger partial charge in [0.2, 0.25) is 0 Å². The average molecular weight is 422 g/mol. The van der Waals surface area contributed by atoms with E-state index in [9.17, 15) is 9.59 Å². The second-order valence-corrected chi connectivity index (χ2v) is 9.10. The summed E-state index contributed by atoms with van der Waals surface area (Å²) < 4.78 is 0. The smallest absolute Gasteiger partial charge is 0.404 e. The minimum absolute atomic E-state index is 0.0255. The van der Waals surface area contributed by atoms with Crippen molar-refractivity contribution in [2.75, 3.05) is 13.1 Å². The normalized spacial score (nSPS) is 17.2. The van der Waals surface area contributed by atoms with E-state index in [4.69, 9.17) is 10.1 Å². The van der Waals surface area contributed by atoms with Crippen molar-refractivity contribution in [3.8, 4) is 11.3 Å². The third-order valence-electron chi connectivity index (χ3n) is 5.54. The lowest BCUT2D eigenvalue weighted by Crippen LogP contribution is -2.35. The highest BCUT2D eigenvalue weighted by molar-refractivity contribution is 6.08. The predicted molar refractivity (Wildman–Crippen MR) is 118 cm³/mol. The molecule has 0 aliphatic carbocycles. The van der Waals surface area contributed by atoms with Crippen LogP contribution in [0.25, 0.3) is 22.4 Å². The number of aromatic amines is 1. The third-order valence-corrected chi connectivity index (χ3v) is 5.54. The highest BCUT2D eigenvalue weighted by Gasteiger charge is 2.27. The van der Waals surface area contributed by atoms with Crippen molar-refractivity contribution in [2.45, 2.75) is 39.8 Å². The Morgan fingerprint density at radius 3 is 2.87 bits per heavy atom. The number of amides is 1. The second-order valence-electron chi connectivity index (χ2n) is 9.10. The standard InChI is InChI=1S/C23H27N5O3/c1-23(2,3)20(29)17-10-24-21-19(17)27-18(11-25-21)15-6-4-5-14(9-15)12-28-8-7-16(13-28)26-22(30)31/h4-6,9-11,16,26H,7-8,12-13H2,1-3H3,(H,24,25)(H,30,31). The molecule has 31 heavy (non-hydrogen) atoms. The van der Waals surface area contributed by atoms with E-state index in [0.29, 0.717) is 29.0 Å². The van der Waals surface area contributed by atoms with Crippen LogP contribution in [0.4, 0.5) is 4.79 Å². The second kappa shape index (κ2) is 8.11. The van der Waals surface area contributed by atoms with E-state index < -0.39 is 11.5 Å². The average Bonchev–Trinajstić information content (AvgIpc) is 3.32. The lowest BCUT2D eigenvalue weighted by atomic mass is 9.87. The van der Waals surface area contributed by atoms with E-state index in [-0.39, 0.29) is 11.8 Å². The van der Waals surface area contributed by atoms with Crippen LogP contribution < -0.4 is 5.32 Å². The van der Waals surface area contributed by atoms with E-state index in [1.54, 1.807) is 12.4 Å². The first kappa shape index (κ1) is 21.0. The molecule has 0 radical (unpaired) electrons. The molecule has 162 valence electrons. The van der Waals surface area contributed by atoms with Crippen LogP contribution >= 0.6 is 0 Å². The third kappa shape index (κ3) is 4.59. The summed E-state index contributed by atoms with van der Waals surface area (Å²) in [5.74, 6) is 0.0255. The lowest BCUT2D eigenvalue weighted by Gasteiger charge is -2.16. The van der Waals surface area contributed by atoms with Gasteiger partial charge in [-0.1, -0.05) is 39.0 Å².